The van der Waals surface area contributed by atoms with Gasteiger partial charge in [0, 0.05) is 23.8 Å². The molecule has 2 N–H and O–H groups in total. The predicted molar refractivity (Wildman–Crippen MR) is 87.9 cm³/mol. The average Bonchev–Trinajstić information content (AvgIpc) is 2.55. The first-order chi connectivity index (χ1) is 11.2. The molecule has 0 amide bonds. The van der Waals surface area contributed by atoms with E-state index < -0.39 is 4.92 Å². The molecule has 0 spiro atoms. The van der Waals surface area contributed by atoms with Crippen LogP contribution in [-0.4, -0.2) is 26.4 Å². The van der Waals surface area contributed by atoms with E-state index in [9.17, 15) is 10.1 Å². The lowest BCUT2D eigenvalue weighted by Crippen LogP contribution is -2.07. The van der Waals surface area contributed by atoms with E-state index in [0.29, 0.717) is 12.2 Å². The molecule has 0 bridgehead atoms. The molecule has 0 unspecified atom stereocenters. The van der Waals surface area contributed by atoms with E-state index in [4.69, 9.17) is 0 Å². The first kappa shape index (κ1) is 14.6. The summed E-state index contributed by atoms with van der Waals surface area (Å²) in [5.74, 6) is 0.325. The van der Waals surface area contributed by atoms with Gasteiger partial charge in [0.25, 0.3) is 0 Å². The molecule has 3 rings (SSSR count). The molecule has 0 aliphatic rings. The molecule has 23 heavy (non-hydrogen) atoms. The Morgan fingerprint density at radius 1 is 1.13 bits per heavy atom. The fourth-order valence-corrected chi connectivity index (χ4v) is 2.28. The summed E-state index contributed by atoms with van der Waals surface area (Å²) in [7, 11) is 0. The number of nitrogens with zero attached hydrogens (tertiary/aromatic N) is 4. The molecule has 2 aromatic heterocycles. The van der Waals surface area contributed by atoms with Gasteiger partial charge in [-0.25, -0.2) is 9.97 Å². The summed E-state index contributed by atoms with van der Waals surface area (Å²) in [5, 5.41) is 18.2. The second-order valence-electron chi connectivity index (χ2n) is 4.71. The Hall–Kier alpha value is -3.29. The third-order valence-corrected chi connectivity index (χ3v) is 3.25. The van der Waals surface area contributed by atoms with Gasteiger partial charge in [0.05, 0.1) is 10.4 Å². The molecule has 8 nitrogen and oxygen atoms in total. The Bertz CT molecular complexity index is 862. The van der Waals surface area contributed by atoms with Crippen molar-refractivity contribution in [3.8, 4) is 0 Å². The van der Waals surface area contributed by atoms with Crippen LogP contribution in [0, 0.1) is 10.1 Å². The molecule has 0 atom stereocenters. The summed E-state index contributed by atoms with van der Waals surface area (Å²) in [6.07, 6.45) is 2.99. The second kappa shape index (κ2) is 6.22. The van der Waals surface area contributed by atoms with E-state index in [-0.39, 0.29) is 17.3 Å². The SMILES string of the molecule is CCNc1ncnc(Nc2cccc3ncccc23)c1[N+](=O)[O-]. The minimum Gasteiger partial charge on any atom is -0.364 e. The topological polar surface area (TPSA) is 106 Å². The third kappa shape index (κ3) is 2.86. The van der Waals surface area contributed by atoms with Crippen molar-refractivity contribution in [2.75, 3.05) is 17.2 Å². The van der Waals surface area contributed by atoms with Gasteiger partial charge in [0.2, 0.25) is 11.6 Å². The first-order valence-corrected chi connectivity index (χ1v) is 7.04. The van der Waals surface area contributed by atoms with Crippen LogP contribution in [0.15, 0.2) is 42.9 Å². The lowest BCUT2D eigenvalue weighted by Gasteiger charge is -2.10. The smallest absolute Gasteiger partial charge is 0.353 e. The van der Waals surface area contributed by atoms with Crippen molar-refractivity contribution in [2.24, 2.45) is 0 Å². The van der Waals surface area contributed by atoms with E-state index in [1.54, 1.807) is 6.20 Å². The van der Waals surface area contributed by atoms with Gasteiger partial charge in [-0.05, 0) is 31.2 Å². The Balaban J connectivity index is 2.09. The minimum atomic E-state index is -0.496. The largest absolute Gasteiger partial charge is 0.364 e. The molecule has 116 valence electrons. The summed E-state index contributed by atoms with van der Waals surface area (Å²) in [6, 6.07) is 9.23. The molecule has 0 saturated heterocycles. The van der Waals surface area contributed by atoms with Crippen LogP contribution in [0.3, 0.4) is 0 Å². The molecule has 3 aromatic rings. The van der Waals surface area contributed by atoms with Gasteiger partial charge in [0.1, 0.15) is 6.33 Å². The van der Waals surface area contributed by atoms with E-state index in [1.807, 2.05) is 37.3 Å². The van der Waals surface area contributed by atoms with Crippen LogP contribution in [0.25, 0.3) is 10.9 Å². The van der Waals surface area contributed by atoms with E-state index in [1.165, 1.54) is 6.33 Å². The van der Waals surface area contributed by atoms with Crippen LogP contribution in [0.1, 0.15) is 6.92 Å². The maximum Gasteiger partial charge on any atom is 0.353 e. The van der Waals surface area contributed by atoms with Gasteiger partial charge in [-0.1, -0.05) is 6.07 Å². The van der Waals surface area contributed by atoms with Gasteiger partial charge < -0.3 is 10.6 Å². The monoisotopic (exact) mass is 310 g/mol. The molecule has 2 heterocycles. The van der Waals surface area contributed by atoms with Crippen LogP contribution in [-0.2, 0) is 0 Å². The van der Waals surface area contributed by atoms with Gasteiger partial charge in [-0.2, -0.15) is 0 Å². The highest BCUT2D eigenvalue weighted by Gasteiger charge is 2.23. The Morgan fingerprint density at radius 2 is 1.96 bits per heavy atom. The molecule has 1 aromatic carbocycles. The highest BCUT2D eigenvalue weighted by molar-refractivity contribution is 5.93. The molecule has 0 fully saturated rings. The zero-order valence-electron chi connectivity index (χ0n) is 12.4. The number of rotatable bonds is 5. The maximum absolute atomic E-state index is 11.4. The summed E-state index contributed by atoms with van der Waals surface area (Å²) in [4.78, 5) is 23.1. The molecular formula is C15H14N6O2. The van der Waals surface area contributed by atoms with Crippen LogP contribution < -0.4 is 10.6 Å². The molecular weight excluding hydrogens is 296 g/mol. The number of nitrogens with one attached hydrogen (secondary N) is 2. The highest BCUT2D eigenvalue weighted by atomic mass is 16.6. The molecule has 8 heteroatoms. The van der Waals surface area contributed by atoms with Crippen molar-refractivity contribution in [3.63, 3.8) is 0 Å². The van der Waals surface area contributed by atoms with E-state index >= 15 is 0 Å². The van der Waals surface area contributed by atoms with E-state index in [2.05, 4.69) is 25.6 Å². The lowest BCUT2D eigenvalue weighted by atomic mass is 10.2. The Kier molecular flexibility index (Phi) is 3.96. The number of benzene rings is 1. The first-order valence-electron chi connectivity index (χ1n) is 7.04. The fraction of sp³-hybridized carbons (Fsp3) is 0.133. The fourth-order valence-electron chi connectivity index (χ4n) is 2.28. The second-order valence-corrected chi connectivity index (χ2v) is 4.71. The lowest BCUT2D eigenvalue weighted by molar-refractivity contribution is -0.383. The summed E-state index contributed by atoms with van der Waals surface area (Å²) >= 11 is 0. The van der Waals surface area contributed by atoms with Gasteiger partial charge in [-0.3, -0.25) is 15.1 Å². The quantitative estimate of drug-likeness (QED) is 0.551. The Morgan fingerprint density at radius 3 is 2.74 bits per heavy atom. The normalized spacial score (nSPS) is 10.5. The number of anilines is 3. The number of fused-ring (bicyclic) bond motifs is 1. The summed E-state index contributed by atoms with van der Waals surface area (Å²) in [5.41, 5.74) is 1.30. The van der Waals surface area contributed by atoms with Gasteiger partial charge in [0.15, 0.2) is 0 Å². The average molecular weight is 310 g/mol. The summed E-state index contributed by atoms with van der Waals surface area (Å²) in [6.45, 7) is 2.37. The highest BCUT2D eigenvalue weighted by Crippen LogP contribution is 2.32. The number of hydrogen-bond acceptors (Lipinski definition) is 7. The number of aromatic nitrogens is 3. The number of hydrogen-bond donors (Lipinski definition) is 2. The zero-order valence-corrected chi connectivity index (χ0v) is 12.4. The van der Waals surface area contributed by atoms with Crippen molar-refractivity contribution in [3.05, 3.63) is 53.0 Å². The third-order valence-electron chi connectivity index (χ3n) is 3.25. The Labute approximate surface area is 131 Å². The molecule has 0 radical (unpaired) electrons. The maximum atomic E-state index is 11.4. The van der Waals surface area contributed by atoms with Gasteiger partial charge in [-0.15, -0.1) is 0 Å². The van der Waals surface area contributed by atoms with Crippen LogP contribution in [0.2, 0.25) is 0 Å². The van der Waals surface area contributed by atoms with Crippen LogP contribution in [0.5, 0.6) is 0 Å². The summed E-state index contributed by atoms with van der Waals surface area (Å²) < 4.78 is 0. The number of pyridine rings is 1. The standard InChI is InChI=1S/C15H14N6O2/c1-2-16-14-13(21(22)23)15(19-9-18-14)20-12-7-3-6-11-10(12)5-4-8-17-11/h3-9H,2H2,1H3,(H2,16,18,19,20). The molecule has 0 saturated carbocycles. The molecule has 0 aliphatic carbocycles. The van der Waals surface area contributed by atoms with Crippen molar-refractivity contribution in [2.45, 2.75) is 6.92 Å². The van der Waals surface area contributed by atoms with Crippen LogP contribution >= 0.6 is 0 Å². The predicted octanol–water partition coefficient (Wildman–Crippen LogP) is 3.11. The van der Waals surface area contributed by atoms with Crippen molar-refractivity contribution in [1.29, 1.82) is 0 Å². The van der Waals surface area contributed by atoms with Crippen molar-refractivity contribution < 1.29 is 4.92 Å². The van der Waals surface area contributed by atoms with E-state index in [0.717, 1.165) is 10.9 Å². The molecule has 0 aliphatic heterocycles. The van der Waals surface area contributed by atoms with Crippen molar-refractivity contribution >= 4 is 33.9 Å². The number of nitro groups is 1. The minimum absolute atomic E-state index is 0.136. The zero-order chi connectivity index (χ0) is 16.2. The van der Waals surface area contributed by atoms with Crippen LogP contribution in [0.4, 0.5) is 23.0 Å². The van der Waals surface area contributed by atoms with Gasteiger partial charge >= 0.3 is 5.69 Å². The van der Waals surface area contributed by atoms with Crippen molar-refractivity contribution in [1.82, 2.24) is 15.0 Å².